The number of rotatable bonds is 4. The van der Waals surface area contributed by atoms with Gasteiger partial charge in [-0.05, 0) is 72.8 Å². The predicted molar refractivity (Wildman–Crippen MR) is 137 cm³/mol. The van der Waals surface area contributed by atoms with Gasteiger partial charge in [0.15, 0.2) is 5.11 Å². The van der Waals surface area contributed by atoms with Gasteiger partial charge in [-0.25, -0.2) is 4.39 Å². The van der Waals surface area contributed by atoms with E-state index in [2.05, 4.69) is 44.3 Å². The van der Waals surface area contributed by atoms with Gasteiger partial charge in [-0.15, -0.1) is 0 Å². The van der Waals surface area contributed by atoms with Gasteiger partial charge in [-0.1, -0.05) is 37.1 Å². The Hall–Kier alpha value is -2.51. The lowest BCUT2D eigenvalue weighted by Gasteiger charge is -2.43. The van der Waals surface area contributed by atoms with Crippen molar-refractivity contribution in [3.8, 4) is 0 Å². The number of hydrogen-bond acceptors (Lipinski definition) is 3. The highest BCUT2D eigenvalue weighted by molar-refractivity contribution is 7.80. The zero-order chi connectivity index (χ0) is 23.5. The molecule has 2 aromatic rings. The van der Waals surface area contributed by atoms with E-state index in [0.717, 1.165) is 64.2 Å². The number of hydrogen-bond donors (Lipinski definition) is 1. The van der Waals surface area contributed by atoms with Crippen molar-refractivity contribution < 1.29 is 9.18 Å². The molecule has 34 heavy (non-hydrogen) atoms. The van der Waals surface area contributed by atoms with Crippen LogP contribution in [-0.4, -0.2) is 64.5 Å². The SMILES string of the molecule is O=C(C(C1CCCC1)N1CCN(C(=S)Nc2ccc(F)cc2)CC1)N1CCc2ccccc2C1. The summed E-state index contributed by atoms with van der Waals surface area (Å²) < 4.78 is 13.2. The van der Waals surface area contributed by atoms with Crippen molar-refractivity contribution in [1.82, 2.24) is 14.7 Å². The van der Waals surface area contributed by atoms with Gasteiger partial charge in [-0.2, -0.15) is 0 Å². The van der Waals surface area contributed by atoms with E-state index < -0.39 is 0 Å². The molecule has 1 saturated carbocycles. The molecule has 1 saturated heterocycles. The molecule has 0 aromatic heterocycles. The average Bonchev–Trinajstić information content (AvgIpc) is 3.40. The molecule has 1 amide bonds. The number of halogens is 1. The number of amides is 1. The molecule has 7 heteroatoms. The van der Waals surface area contributed by atoms with Crippen LogP contribution in [0.2, 0.25) is 0 Å². The zero-order valence-electron chi connectivity index (χ0n) is 19.6. The highest BCUT2D eigenvalue weighted by Gasteiger charge is 2.39. The minimum Gasteiger partial charge on any atom is -0.346 e. The lowest BCUT2D eigenvalue weighted by atomic mass is 9.92. The Morgan fingerprint density at radius 1 is 0.912 bits per heavy atom. The van der Waals surface area contributed by atoms with E-state index in [9.17, 15) is 9.18 Å². The third kappa shape index (κ3) is 5.10. The summed E-state index contributed by atoms with van der Waals surface area (Å²) in [5, 5.41) is 3.87. The zero-order valence-corrected chi connectivity index (χ0v) is 20.4. The predicted octanol–water partition coefficient (Wildman–Crippen LogP) is 4.28. The van der Waals surface area contributed by atoms with Gasteiger partial charge in [0.2, 0.25) is 5.91 Å². The number of nitrogens with one attached hydrogen (secondary N) is 1. The lowest BCUT2D eigenvalue weighted by molar-refractivity contribution is -0.140. The maximum atomic E-state index is 13.9. The summed E-state index contributed by atoms with van der Waals surface area (Å²) in [5.74, 6) is 0.493. The summed E-state index contributed by atoms with van der Waals surface area (Å²) in [6, 6.07) is 14.7. The fraction of sp³-hybridized carbons (Fsp3) is 0.481. The Bertz CT molecular complexity index is 1020. The van der Waals surface area contributed by atoms with Crippen LogP contribution in [0.4, 0.5) is 10.1 Å². The van der Waals surface area contributed by atoms with Crippen molar-refractivity contribution in [2.45, 2.75) is 44.7 Å². The maximum Gasteiger partial charge on any atom is 0.240 e. The number of fused-ring (bicyclic) bond motifs is 1. The van der Waals surface area contributed by atoms with Crippen LogP contribution in [0.1, 0.15) is 36.8 Å². The van der Waals surface area contributed by atoms with E-state index in [-0.39, 0.29) is 11.9 Å². The molecule has 3 aliphatic rings. The van der Waals surface area contributed by atoms with Crippen molar-refractivity contribution in [2.75, 3.05) is 38.0 Å². The van der Waals surface area contributed by atoms with Gasteiger partial charge in [0.25, 0.3) is 0 Å². The molecule has 0 bridgehead atoms. The van der Waals surface area contributed by atoms with E-state index >= 15 is 0 Å². The number of thiocarbonyl (C=S) groups is 1. The quantitative estimate of drug-likeness (QED) is 0.662. The maximum absolute atomic E-state index is 13.9. The van der Waals surface area contributed by atoms with E-state index in [1.54, 1.807) is 12.1 Å². The molecule has 0 spiro atoms. The van der Waals surface area contributed by atoms with Gasteiger partial charge in [-0.3, -0.25) is 9.69 Å². The Balaban J connectivity index is 1.23. The van der Waals surface area contributed by atoms with Crippen LogP contribution in [0.5, 0.6) is 0 Å². The summed E-state index contributed by atoms with van der Waals surface area (Å²) >= 11 is 5.62. The summed E-state index contributed by atoms with van der Waals surface area (Å²) in [6.07, 6.45) is 5.68. The molecule has 2 heterocycles. The molecule has 2 fully saturated rings. The molecule has 5 rings (SSSR count). The van der Waals surface area contributed by atoms with Crippen molar-refractivity contribution >= 4 is 28.9 Å². The van der Waals surface area contributed by atoms with Crippen LogP contribution in [0.15, 0.2) is 48.5 Å². The summed E-state index contributed by atoms with van der Waals surface area (Å²) in [7, 11) is 0. The smallest absolute Gasteiger partial charge is 0.240 e. The van der Waals surface area contributed by atoms with Crippen molar-refractivity contribution in [3.63, 3.8) is 0 Å². The second-order valence-electron chi connectivity index (χ2n) is 9.73. The molecule has 5 nitrogen and oxygen atoms in total. The normalized spacial score (nSPS) is 20.1. The van der Waals surface area contributed by atoms with Gasteiger partial charge >= 0.3 is 0 Å². The Morgan fingerprint density at radius 2 is 1.59 bits per heavy atom. The number of piperazine rings is 1. The first kappa shape index (κ1) is 23.2. The van der Waals surface area contributed by atoms with Gasteiger partial charge in [0.1, 0.15) is 5.82 Å². The average molecular weight is 481 g/mol. The second kappa shape index (κ2) is 10.4. The number of carbonyl (C=O) groups is 1. The van der Waals surface area contributed by atoms with Gasteiger partial charge < -0.3 is 15.1 Å². The highest BCUT2D eigenvalue weighted by atomic mass is 32.1. The number of benzene rings is 2. The Kier molecular flexibility index (Phi) is 7.11. The third-order valence-corrected chi connectivity index (χ3v) is 7.99. The summed E-state index contributed by atoms with van der Waals surface area (Å²) in [5.41, 5.74) is 3.45. The molecule has 2 aromatic carbocycles. The molecule has 0 radical (unpaired) electrons. The Morgan fingerprint density at radius 3 is 2.29 bits per heavy atom. The fourth-order valence-corrected chi connectivity index (χ4v) is 6.04. The van der Waals surface area contributed by atoms with E-state index in [1.807, 2.05) is 0 Å². The van der Waals surface area contributed by atoms with Crippen LogP contribution in [0.25, 0.3) is 0 Å². The molecular weight excluding hydrogens is 447 g/mol. The van der Waals surface area contributed by atoms with Crippen LogP contribution >= 0.6 is 12.2 Å². The van der Waals surface area contributed by atoms with Crippen molar-refractivity contribution in [3.05, 3.63) is 65.5 Å². The van der Waals surface area contributed by atoms with Crippen LogP contribution in [0.3, 0.4) is 0 Å². The molecule has 1 aliphatic carbocycles. The minimum atomic E-state index is -0.259. The van der Waals surface area contributed by atoms with E-state index in [0.29, 0.717) is 16.9 Å². The largest absolute Gasteiger partial charge is 0.346 e. The number of carbonyl (C=O) groups excluding carboxylic acids is 1. The standard InChI is InChI=1S/C27H33FN4OS/c28-23-9-11-24(12-10-23)29-27(34)31-17-15-30(16-18-31)25(21-6-2-3-7-21)26(33)32-14-13-20-5-1-4-8-22(20)19-32/h1,4-5,8-12,21,25H,2-3,6-7,13-19H2,(H,29,34). The lowest BCUT2D eigenvalue weighted by Crippen LogP contribution is -2.59. The molecule has 1 unspecified atom stereocenters. The monoisotopic (exact) mass is 480 g/mol. The Labute approximate surface area is 206 Å². The minimum absolute atomic E-state index is 0.0338. The first-order valence-corrected chi connectivity index (χ1v) is 12.9. The van der Waals surface area contributed by atoms with Crippen LogP contribution in [-0.2, 0) is 17.8 Å². The first-order chi connectivity index (χ1) is 16.6. The first-order valence-electron chi connectivity index (χ1n) is 12.5. The van der Waals surface area contributed by atoms with Crippen molar-refractivity contribution in [1.29, 1.82) is 0 Å². The van der Waals surface area contributed by atoms with Crippen LogP contribution in [0, 0.1) is 11.7 Å². The molecular formula is C27H33FN4OS. The number of anilines is 1. The molecule has 1 atom stereocenters. The van der Waals surface area contributed by atoms with Gasteiger partial charge in [0.05, 0.1) is 6.04 Å². The van der Waals surface area contributed by atoms with Crippen LogP contribution < -0.4 is 5.32 Å². The topological polar surface area (TPSA) is 38.8 Å². The molecule has 2 aliphatic heterocycles. The van der Waals surface area contributed by atoms with Crippen molar-refractivity contribution in [2.24, 2.45) is 5.92 Å². The molecule has 1 N–H and O–H groups in total. The molecule has 180 valence electrons. The number of nitrogens with zero attached hydrogens (tertiary/aromatic N) is 3. The van der Waals surface area contributed by atoms with Gasteiger partial charge in [0, 0.05) is 45.0 Å². The second-order valence-corrected chi connectivity index (χ2v) is 10.1. The third-order valence-electron chi connectivity index (χ3n) is 7.63. The highest BCUT2D eigenvalue weighted by Crippen LogP contribution is 2.33. The summed E-state index contributed by atoms with van der Waals surface area (Å²) in [4.78, 5) is 20.5. The van der Waals surface area contributed by atoms with E-state index in [1.165, 1.54) is 36.1 Å². The van der Waals surface area contributed by atoms with E-state index in [4.69, 9.17) is 12.2 Å². The fourth-order valence-electron chi connectivity index (χ4n) is 5.74. The summed E-state index contributed by atoms with van der Waals surface area (Å²) in [6.45, 7) is 4.75.